The number of aromatic nitrogens is 3. The molecular formula is C21H16N4O3. The molecule has 3 aromatic heterocycles. The second kappa shape index (κ2) is 6.67. The summed E-state index contributed by atoms with van der Waals surface area (Å²) in [5, 5.41) is 9.60. The molecule has 0 atom stereocenters. The van der Waals surface area contributed by atoms with Gasteiger partial charge in [0.1, 0.15) is 23.0 Å². The second-order valence-corrected chi connectivity index (χ2v) is 6.28. The van der Waals surface area contributed by atoms with E-state index in [0.717, 1.165) is 5.56 Å². The SMILES string of the molecule is CCOc1ccc(-n2c(=O)c(C#N)cc3c(=O)n4cccc(C)c4nc32)cc1. The van der Waals surface area contributed by atoms with Crippen molar-refractivity contribution in [3.63, 3.8) is 0 Å². The maximum Gasteiger partial charge on any atom is 0.274 e. The molecule has 1 aromatic carbocycles. The summed E-state index contributed by atoms with van der Waals surface area (Å²) >= 11 is 0. The zero-order chi connectivity index (χ0) is 19.8. The summed E-state index contributed by atoms with van der Waals surface area (Å²) in [5.74, 6) is 0.661. The van der Waals surface area contributed by atoms with E-state index in [-0.39, 0.29) is 22.2 Å². The molecule has 0 N–H and O–H groups in total. The Hall–Kier alpha value is -3.92. The van der Waals surface area contributed by atoms with Gasteiger partial charge in [0, 0.05) is 6.20 Å². The largest absolute Gasteiger partial charge is 0.494 e. The molecule has 0 saturated heterocycles. The summed E-state index contributed by atoms with van der Waals surface area (Å²) < 4.78 is 8.17. The van der Waals surface area contributed by atoms with E-state index in [0.29, 0.717) is 23.7 Å². The van der Waals surface area contributed by atoms with Crippen LogP contribution >= 0.6 is 0 Å². The third-order valence-corrected chi connectivity index (χ3v) is 4.52. The van der Waals surface area contributed by atoms with E-state index in [2.05, 4.69) is 4.98 Å². The lowest BCUT2D eigenvalue weighted by Crippen LogP contribution is -2.26. The first-order chi connectivity index (χ1) is 13.5. The Morgan fingerprint density at radius 1 is 1.11 bits per heavy atom. The van der Waals surface area contributed by atoms with Crippen molar-refractivity contribution in [2.75, 3.05) is 6.61 Å². The van der Waals surface area contributed by atoms with Gasteiger partial charge in [-0.3, -0.25) is 18.6 Å². The van der Waals surface area contributed by atoms with Crippen LogP contribution in [0.3, 0.4) is 0 Å². The van der Waals surface area contributed by atoms with Gasteiger partial charge in [0.15, 0.2) is 5.65 Å². The molecule has 3 heterocycles. The molecule has 4 rings (SSSR count). The normalized spacial score (nSPS) is 10.9. The number of hydrogen-bond donors (Lipinski definition) is 0. The number of benzene rings is 1. The van der Waals surface area contributed by atoms with Gasteiger partial charge in [0.05, 0.1) is 17.7 Å². The molecule has 0 spiro atoms. The van der Waals surface area contributed by atoms with Crippen LogP contribution in [0, 0.1) is 18.3 Å². The van der Waals surface area contributed by atoms with Crippen LogP contribution in [-0.2, 0) is 0 Å². The third kappa shape index (κ3) is 2.63. The van der Waals surface area contributed by atoms with Crippen LogP contribution in [0.1, 0.15) is 18.1 Å². The fourth-order valence-corrected chi connectivity index (χ4v) is 3.20. The van der Waals surface area contributed by atoms with Crippen LogP contribution in [0.5, 0.6) is 5.75 Å². The Balaban J connectivity index is 2.15. The Bertz CT molecular complexity index is 1380. The Labute approximate surface area is 159 Å². The minimum atomic E-state index is -0.524. The molecule has 0 fully saturated rings. The number of ether oxygens (including phenoxy) is 1. The molecule has 0 aliphatic carbocycles. The summed E-state index contributed by atoms with van der Waals surface area (Å²) in [4.78, 5) is 30.5. The molecule has 0 aliphatic heterocycles. The van der Waals surface area contributed by atoms with Crippen molar-refractivity contribution in [3.8, 4) is 17.5 Å². The molecule has 7 nitrogen and oxygen atoms in total. The molecule has 0 radical (unpaired) electrons. The van der Waals surface area contributed by atoms with Gasteiger partial charge in [-0.1, -0.05) is 6.07 Å². The van der Waals surface area contributed by atoms with Crippen LogP contribution in [0.15, 0.2) is 58.3 Å². The number of hydrogen-bond acceptors (Lipinski definition) is 5. The van der Waals surface area contributed by atoms with Gasteiger partial charge in [-0.15, -0.1) is 0 Å². The molecule has 28 heavy (non-hydrogen) atoms. The highest BCUT2D eigenvalue weighted by atomic mass is 16.5. The molecule has 0 amide bonds. The first-order valence-electron chi connectivity index (χ1n) is 8.76. The highest BCUT2D eigenvalue weighted by Crippen LogP contribution is 2.19. The maximum atomic E-state index is 13.0. The first-order valence-corrected chi connectivity index (χ1v) is 8.76. The number of rotatable bonds is 3. The summed E-state index contributed by atoms with van der Waals surface area (Å²) in [6.07, 6.45) is 1.62. The van der Waals surface area contributed by atoms with E-state index in [1.54, 1.807) is 36.5 Å². The lowest BCUT2D eigenvalue weighted by atomic mass is 10.2. The van der Waals surface area contributed by atoms with Crippen molar-refractivity contribution in [1.82, 2.24) is 14.0 Å². The van der Waals surface area contributed by atoms with E-state index in [1.165, 1.54) is 15.0 Å². The van der Waals surface area contributed by atoms with Crippen molar-refractivity contribution in [1.29, 1.82) is 5.26 Å². The second-order valence-electron chi connectivity index (χ2n) is 6.28. The zero-order valence-corrected chi connectivity index (χ0v) is 15.3. The van der Waals surface area contributed by atoms with Crippen molar-refractivity contribution >= 4 is 16.7 Å². The third-order valence-electron chi connectivity index (χ3n) is 4.52. The predicted molar refractivity (Wildman–Crippen MR) is 105 cm³/mol. The minimum absolute atomic E-state index is 0.118. The van der Waals surface area contributed by atoms with Crippen LogP contribution < -0.4 is 15.9 Å². The molecular weight excluding hydrogens is 356 g/mol. The van der Waals surface area contributed by atoms with Crippen molar-refractivity contribution < 1.29 is 4.74 Å². The van der Waals surface area contributed by atoms with Crippen LogP contribution in [0.2, 0.25) is 0 Å². The standard InChI is InChI=1S/C21H16N4O3/c1-3-28-16-8-6-15(7-9-16)25-19-17(11-14(12-22)20(25)26)21(27)24-10-4-5-13(2)18(24)23-19/h4-11H,3H2,1-2H3. The Morgan fingerprint density at radius 2 is 1.86 bits per heavy atom. The van der Waals surface area contributed by atoms with E-state index >= 15 is 0 Å². The quantitative estimate of drug-likeness (QED) is 0.516. The predicted octanol–water partition coefficient (Wildman–Crippen LogP) is 2.58. The summed E-state index contributed by atoms with van der Waals surface area (Å²) in [7, 11) is 0. The summed E-state index contributed by atoms with van der Waals surface area (Å²) in [5.41, 5.74) is 1.00. The van der Waals surface area contributed by atoms with Gasteiger partial charge in [-0.2, -0.15) is 5.26 Å². The highest BCUT2D eigenvalue weighted by molar-refractivity contribution is 5.80. The average Bonchev–Trinajstić information content (AvgIpc) is 2.70. The van der Waals surface area contributed by atoms with Crippen molar-refractivity contribution in [2.45, 2.75) is 13.8 Å². The highest BCUT2D eigenvalue weighted by Gasteiger charge is 2.16. The fourth-order valence-electron chi connectivity index (χ4n) is 3.20. The van der Waals surface area contributed by atoms with Gasteiger partial charge in [-0.05, 0) is 55.8 Å². The molecule has 0 unspecified atom stereocenters. The van der Waals surface area contributed by atoms with Gasteiger partial charge < -0.3 is 4.74 Å². The van der Waals surface area contributed by atoms with Crippen LogP contribution in [0.25, 0.3) is 22.4 Å². The number of nitriles is 1. The van der Waals surface area contributed by atoms with E-state index in [4.69, 9.17) is 4.74 Å². The minimum Gasteiger partial charge on any atom is -0.494 e. The van der Waals surface area contributed by atoms with Gasteiger partial charge >= 0.3 is 0 Å². The molecule has 0 bridgehead atoms. The number of aryl methyl sites for hydroxylation is 1. The lowest BCUT2D eigenvalue weighted by molar-refractivity contribution is 0.340. The molecule has 4 aromatic rings. The maximum absolute atomic E-state index is 13.0. The van der Waals surface area contributed by atoms with E-state index in [1.807, 2.05) is 26.0 Å². The van der Waals surface area contributed by atoms with Crippen LogP contribution in [0.4, 0.5) is 0 Å². The van der Waals surface area contributed by atoms with Gasteiger partial charge in [0.2, 0.25) is 0 Å². The first kappa shape index (κ1) is 17.5. The van der Waals surface area contributed by atoms with Gasteiger partial charge in [0.25, 0.3) is 11.1 Å². The topological polar surface area (TPSA) is 89.4 Å². The molecule has 0 aliphatic rings. The lowest BCUT2D eigenvalue weighted by Gasteiger charge is -2.13. The molecule has 0 saturated carbocycles. The van der Waals surface area contributed by atoms with Crippen molar-refractivity contribution in [2.24, 2.45) is 0 Å². The number of pyridine rings is 2. The average molecular weight is 372 g/mol. The van der Waals surface area contributed by atoms with Crippen molar-refractivity contribution in [3.05, 3.63) is 80.5 Å². The molecule has 138 valence electrons. The summed E-state index contributed by atoms with van der Waals surface area (Å²) in [6, 6.07) is 13.7. The monoisotopic (exact) mass is 372 g/mol. The molecule has 7 heteroatoms. The smallest absolute Gasteiger partial charge is 0.274 e. The summed E-state index contributed by atoms with van der Waals surface area (Å²) in [6.45, 7) is 4.25. The number of fused-ring (bicyclic) bond motifs is 2. The Morgan fingerprint density at radius 3 is 2.54 bits per heavy atom. The van der Waals surface area contributed by atoms with Crippen LogP contribution in [-0.4, -0.2) is 20.6 Å². The van der Waals surface area contributed by atoms with E-state index < -0.39 is 5.56 Å². The zero-order valence-electron chi connectivity index (χ0n) is 15.3. The van der Waals surface area contributed by atoms with E-state index in [9.17, 15) is 14.9 Å². The fraction of sp³-hybridized carbons (Fsp3) is 0.143. The Kier molecular flexibility index (Phi) is 4.17. The van der Waals surface area contributed by atoms with Gasteiger partial charge in [-0.25, -0.2) is 4.98 Å². The number of nitrogens with zero attached hydrogens (tertiary/aromatic N) is 4.